The maximum atomic E-state index is 6.76. The molecule has 21 heavy (non-hydrogen) atoms. The summed E-state index contributed by atoms with van der Waals surface area (Å²) in [4.78, 5) is 2.29. The van der Waals surface area contributed by atoms with Crippen LogP contribution in [0.3, 0.4) is 0 Å². The third-order valence-electron chi connectivity index (χ3n) is 4.97. The summed E-state index contributed by atoms with van der Waals surface area (Å²) in [7, 11) is 7.64. The molecule has 0 saturated heterocycles. The number of ether oxygens (including phenoxy) is 2. The summed E-state index contributed by atoms with van der Waals surface area (Å²) in [6, 6.07) is 5.74. The lowest BCUT2D eigenvalue weighted by Gasteiger charge is -2.47. The average molecular weight is 292 g/mol. The molecule has 0 bridgehead atoms. The first-order valence-electron chi connectivity index (χ1n) is 7.70. The highest BCUT2D eigenvalue weighted by molar-refractivity contribution is 5.48. The minimum Gasteiger partial charge on any atom is -0.496 e. The summed E-state index contributed by atoms with van der Waals surface area (Å²) >= 11 is 0. The van der Waals surface area contributed by atoms with Crippen LogP contribution in [0.1, 0.15) is 43.7 Å². The van der Waals surface area contributed by atoms with E-state index in [2.05, 4.69) is 19.0 Å². The Morgan fingerprint density at radius 3 is 2.00 bits per heavy atom. The molecule has 2 rings (SSSR count). The molecule has 1 saturated carbocycles. The number of methoxy groups -OCH3 is 2. The summed E-state index contributed by atoms with van der Waals surface area (Å²) < 4.78 is 11.1. The summed E-state index contributed by atoms with van der Waals surface area (Å²) in [5, 5.41) is 0. The van der Waals surface area contributed by atoms with Crippen molar-refractivity contribution in [1.29, 1.82) is 0 Å². The van der Waals surface area contributed by atoms with Crippen molar-refractivity contribution >= 4 is 0 Å². The molecule has 1 aromatic carbocycles. The predicted molar refractivity (Wildman–Crippen MR) is 86.0 cm³/mol. The molecule has 0 spiro atoms. The molecule has 4 nitrogen and oxygen atoms in total. The Bertz CT molecular complexity index is 446. The number of nitrogens with two attached hydrogens (primary N) is 1. The predicted octanol–water partition coefficient (Wildman–Crippen LogP) is 2.97. The minimum atomic E-state index is -0.126. The smallest absolute Gasteiger partial charge is 0.127 e. The molecular formula is C17H28N2O2. The van der Waals surface area contributed by atoms with Gasteiger partial charge in [0, 0.05) is 5.54 Å². The van der Waals surface area contributed by atoms with Gasteiger partial charge in [-0.3, -0.25) is 0 Å². The van der Waals surface area contributed by atoms with E-state index in [1.165, 1.54) is 19.3 Å². The standard InChI is InChI=1S/C17H28N2O2/c1-19(2)17(11-6-5-7-12-17)16(18)15-13(20-3)9-8-10-14(15)21-4/h8-10,16H,5-7,11-12,18H2,1-4H3. The second kappa shape index (κ2) is 6.67. The molecule has 0 aromatic heterocycles. The van der Waals surface area contributed by atoms with Crippen LogP contribution < -0.4 is 15.2 Å². The van der Waals surface area contributed by atoms with E-state index >= 15 is 0 Å². The molecule has 0 amide bonds. The zero-order valence-electron chi connectivity index (χ0n) is 13.7. The Morgan fingerprint density at radius 1 is 1.05 bits per heavy atom. The maximum absolute atomic E-state index is 6.76. The summed E-state index contributed by atoms with van der Waals surface area (Å²) in [6.07, 6.45) is 5.97. The van der Waals surface area contributed by atoms with Gasteiger partial charge in [-0.2, -0.15) is 0 Å². The molecule has 118 valence electrons. The Labute approximate surface area is 128 Å². The lowest BCUT2D eigenvalue weighted by atomic mass is 9.73. The molecule has 1 atom stereocenters. The molecule has 0 radical (unpaired) electrons. The maximum Gasteiger partial charge on any atom is 0.127 e. The largest absolute Gasteiger partial charge is 0.496 e. The second-order valence-electron chi connectivity index (χ2n) is 6.11. The zero-order valence-corrected chi connectivity index (χ0v) is 13.7. The number of rotatable bonds is 5. The molecule has 1 aliphatic rings. The molecule has 1 aliphatic carbocycles. The van der Waals surface area contributed by atoms with Crippen LogP contribution in [0.4, 0.5) is 0 Å². The molecule has 4 heteroatoms. The van der Waals surface area contributed by atoms with Gasteiger partial charge in [0.2, 0.25) is 0 Å². The first-order chi connectivity index (χ1) is 10.1. The van der Waals surface area contributed by atoms with Gasteiger partial charge in [0.25, 0.3) is 0 Å². The van der Waals surface area contributed by atoms with Crippen molar-refractivity contribution in [2.24, 2.45) is 5.73 Å². The number of hydrogen-bond donors (Lipinski definition) is 1. The number of likely N-dealkylation sites (N-methyl/N-ethyl adjacent to an activating group) is 1. The van der Waals surface area contributed by atoms with Crippen LogP contribution in [0.25, 0.3) is 0 Å². The first kappa shape index (κ1) is 16.1. The van der Waals surface area contributed by atoms with Gasteiger partial charge in [-0.25, -0.2) is 0 Å². The van der Waals surface area contributed by atoms with Crippen LogP contribution in [0.5, 0.6) is 11.5 Å². The van der Waals surface area contributed by atoms with Crippen LogP contribution >= 0.6 is 0 Å². The molecule has 0 heterocycles. The monoisotopic (exact) mass is 292 g/mol. The van der Waals surface area contributed by atoms with E-state index in [0.29, 0.717) is 0 Å². The summed E-state index contributed by atoms with van der Waals surface area (Å²) in [5.41, 5.74) is 7.71. The zero-order chi connectivity index (χ0) is 15.5. The highest BCUT2D eigenvalue weighted by atomic mass is 16.5. The summed E-state index contributed by atoms with van der Waals surface area (Å²) in [6.45, 7) is 0. The van der Waals surface area contributed by atoms with Gasteiger partial charge in [-0.15, -0.1) is 0 Å². The van der Waals surface area contributed by atoms with Crippen LogP contribution in [0.15, 0.2) is 18.2 Å². The Kier molecular flexibility index (Phi) is 5.12. The normalized spacial score (nSPS) is 19.3. The summed E-state index contributed by atoms with van der Waals surface area (Å²) in [5.74, 6) is 1.63. The van der Waals surface area contributed by atoms with E-state index in [-0.39, 0.29) is 11.6 Å². The highest BCUT2D eigenvalue weighted by Crippen LogP contribution is 2.45. The fourth-order valence-corrected chi connectivity index (χ4v) is 3.66. The van der Waals surface area contributed by atoms with Gasteiger partial charge < -0.3 is 20.1 Å². The fraction of sp³-hybridized carbons (Fsp3) is 0.647. The van der Waals surface area contributed by atoms with Crippen LogP contribution in [0.2, 0.25) is 0 Å². The van der Waals surface area contributed by atoms with Gasteiger partial charge in [0.1, 0.15) is 11.5 Å². The third-order valence-corrected chi connectivity index (χ3v) is 4.97. The van der Waals surface area contributed by atoms with Crippen molar-refractivity contribution in [1.82, 2.24) is 4.90 Å². The second-order valence-corrected chi connectivity index (χ2v) is 6.11. The number of benzene rings is 1. The van der Waals surface area contributed by atoms with Crippen molar-refractivity contribution in [2.45, 2.75) is 43.7 Å². The Morgan fingerprint density at radius 2 is 1.57 bits per heavy atom. The molecule has 1 unspecified atom stereocenters. The molecule has 2 N–H and O–H groups in total. The minimum absolute atomic E-state index is 0.0276. The molecule has 0 aliphatic heterocycles. The Hall–Kier alpha value is -1.26. The van der Waals surface area contributed by atoms with Gasteiger partial charge in [-0.05, 0) is 39.1 Å². The van der Waals surface area contributed by atoms with Crippen molar-refractivity contribution in [3.05, 3.63) is 23.8 Å². The highest BCUT2D eigenvalue weighted by Gasteiger charge is 2.42. The van der Waals surface area contributed by atoms with E-state index in [1.54, 1.807) is 14.2 Å². The van der Waals surface area contributed by atoms with Gasteiger partial charge in [0.15, 0.2) is 0 Å². The Balaban J connectivity index is 2.48. The van der Waals surface area contributed by atoms with Crippen LogP contribution in [-0.4, -0.2) is 38.8 Å². The topological polar surface area (TPSA) is 47.7 Å². The lowest BCUT2D eigenvalue weighted by Crippen LogP contribution is -2.53. The molecule has 1 aromatic rings. The lowest BCUT2D eigenvalue weighted by molar-refractivity contribution is 0.0695. The number of hydrogen-bond acceptors (Lipinski definition) is 4. The van der Waals surface area contributed by atoms with Crippen LogP contribution in [-0.2, 0) is 0 Å². The first-order valence-corrected chi connectivity index (χ1v) is 7.70. The SMILES string of the molecule is COc1cccc(OC)c1C(N)C1(N(C)C)CCCCC1. The fourth-order valence-electron chi connectivity index (χ4n) is 3.66. The van der Waals surface area contributed by atoms with E-state index < -0.39 is 0 Å². The van der Waals surface area contributed by atoms with E-state index in [4.69, 9.17) is 15.2 Å². The third kappa shape index (κ3) is 2.87. The van der Waals surface area contributed by atoms with E-state index in [9.17, 15) is 0 Å². The van der Waals surface area contributed by atoms with E-state index in [0.717, 1.165) is 29.9 Å². The van der Waals surface area contributed by atoms with Crippen molar-refractivity contribution in [3.63, 3.8) is 0 Å². The van der Waals surface area contributed by atoms with E-state index in [1.807, 2.05) is 18.2 Å². The van der Waals surface area contributed by atoms with Crippen molar-refractivity contribution < 1.29 is 9.47 Å². The van der Waals surface area contributed by atoms with Gasteiger partial charge in [0.05, 0.1) is 25.8 Å². The van der Waals surface area contributed by atoms with Crippen molar-refractivity contribution in [3.8, 4) is 11.5 Å². The van der Waals surface area contributed by atoms with Gasteiger partial charge in [-0.1, -0.05) is 25.3 Å². The molecule has 1 fully saturated rings. The molecular weight excluding hydrogens is 264 g/mol. The van der Waals surface area contributed by atoms with Crippen LogP contribution in [0, 0.1) is 0 Å². The average Bonchev–Trinajstić information content (AvgIpc) is 2.53. The van der Waals surface area contributed by atoms with Gasteiger partial charge >= 0.3 is 0 Å². The van der Waals surface area contributed by atoms with Crippen molar-refractivity contribution in [2.75, 3.05) is 28.3 Å². The number of nitrogens with zero attached hydrogens (tertiary/aromatic N) is 1. The quantitative estimate of drug-likeness (QED) is 0.906.